The van der Waals surface area contributed by atoms with Crippen LogP contribution in [0.1, 0.15) is 66.2 Å². The van der Waals surface area contributed by atoms with E-state index in [-0.39, 0.29) is 16.8 Å². The van der Waals surface area contributed by atoms with Gasteiger partial charge in [0.05, 0.1) is 12.0 Å². The average Bonchev–Trinajstić information content (AvgIpc) is 2.22. The van der Waals surface area contributed by atoms with Crippen molar-refractivity contribution in [2.45, 2.75) is 66.2 Å². The van der Waals surface area contributed by atoms with Crippen molar-refractivity contribution in [1.82, 2.24) is 0 Å². The third-order valence-electron chi connectivity index (χ3n) is 4.40. The topological polar surface area (TPSA) is 26.3 Å². The van der Waals surface area contributed by atoms with Crippen molar-refractivity contribution >= 4 is 5.97 Å². The number of carbonyl (C=O) groups is 1. The van der Waals surface area contributed by atoms with Gasteiger partial charge in [-0.05, 0) is 31.6 Å². The van der Waals surface area contributed by atoms with E-state index in [0.717, 1.165) is 32.1 Å². The molecule has 0 N–H and O–H groups in total. The Bertz CT molecular complexity index is 245. The predicted molar refractivity (Wildman–Crippen MR) is 66.2 cm³/mol. The second-order valence-corrected chi connectivity index (χ2v) is 5.91. The second kappa shape index (κ2) is 5.20. The lowest BCUT2D eigenvalue weighted by Crippen LogP contribution is -2.45. The normalized spacial score (nSPS) is 28.8. The molecule has 0 aromatic carbocycles. The highest BCUT2D eigenvalue weighted by atomic mass is 16.5. The summed E-state index contributed by atoms with van der Waals surface area (Å²) in [4.78, 5) is 12.2. The van der Waals surface area contributed by atoms with Gasteiger partial charge in [0, 0.05) is 0 Å². The standard InChI is InChI=1S/C14H26O2/c1-5-6-11-16-12(15)14(4)10-8-7-9-13(14,2)3/h5-11H2,1-4H3. The van der Waals surface area contributed by atoms with E-state index in [9.17, 15) is 4.79 Å². The van der Waals surface area contributed by atoms with E-state index in [2.05, 4.69) is 27.7 Å². The van der Waals surface area contributed by atoms with Crippen molar-refractivity contribution in [2.75, 3.05) is 6.61 Å². The van der Waals surface area contributed by atoms with Gasteiger partial charge in [0.1, 0.15) is 0 Å². The molecule has 0 aromatic heterocycles. The first-order chi connectivity index (χ1) is 7.44. The highest BCUT2D eigenvalue weighted by molar-refractivity contribution is 5.77. The summed E-state index contributed by atoms with van der Waals surface area (Å²) in [5.41, 5.74) is -0.201. The lowest BCUT2D eigenvalue weighted by atomic mass is 9.59. The van der Waals surface area contributed by atoms with Crippen LogP contribution in [-0.2, 0) is 9.53 Å². The number of carbonyl (C=O) groups excluding carboxylic acids is 1. The zero-order valence-electron chi connectivity index (χ0n) is 11.3. The summed E-state index contributed by atoms with van der Waals surface area (Å²) in [6.45, 7) is 9.18. The van der Waals surface area contributed by atoms with Gasteiger partial charge in [0.2, 0.25) is 0 Å². The molecule has 1 aliphatic rings. The number of esters is 1. The third kappa shape index (κ3) is 2.58. The van der Waals surface area contributed by atoms with Crippen LogP contribution in [0.25, 0.3) is 0 Å². The molecule has 0 spiro atoms. The van der Waals surface area contributed by atoms with Gasteiger partial charge in [-0.15, -0.1) is 0 Å². The molecule has 0 aromatic rings. The first-order valence-electron chi connectivity index (χ1n) is 6.61. The van der Waals surface area contributed by atoms with E-state index >= 15 is 0 Å². The minimum Gasteiger partial charge on any atom is -0.465 e. The van der Waals surface area contributed by atoms with E-state index in [4.69, 9.17) is 4.74 Å². The monoisotopic (exact) mass is 226 g/mol. The van der Waals surface area contributed by atoms with E-state index < -0.39 is 0 Å². The van der Waals surface area contributed by atoms with Crippen molar-refractivity contribution in [3.05, 3.63) is 0 Å². The molecule has 1 fully saturated rings. The van der Waals surface area contributed by atoms with Crippen LogP contribution in [0.5, 0.6) is 0 Å². The predicted octanol–water partition coefficient (Wildman–Crippen LogP) is 3.94. The zero-order chi connectivity index (χ0) is 12.2. The quantitative estimate of drug-likeness (QED) is 0.536. The molecule has 0 saturated heterocycles. The van der Waals surface area contributed by atoms with Crippen LogP contribution in [0.3, 0.4) is 0 Å². The molecule has 0 aliphatic heterocycles. The number of rotatable bonds is 4. The Morgan fingerprint density at radius 2 is 1.81 bits per heavy atom. The Hall–Kier alpha value is -0.530. The van der Waals surface area contributed by atoms with Crippen LogP contribution in [0.2, 0.25) is 0 Å². The molecule has 0 bridgehead atoms. The van der Waals surface area contributed by atoms with Gasteiger partial charge in [0.15, 0.2) is 0 Å². The fourth-order valence-corrected chi connectivity index (χ4v) is 2.51. The summed E-state index contributed by atoms with van der Waals surface area (Å²) in [5, 5.41) is 0. The second-order valence-electron chi connectivity index (χ2n) is 5.91. The van der Waals surface area contributed by atoms with Gasteiger partial charge < -0.3 is 4.74 Å². The molecule has 1 saturated carbocycles. The summed E-state index contributed by atoms with van der Waals surface area (Å²) in [5.74, 6) is 0.0191. The first-order valence-corrected chi connectivity index (χ1v) is 6.61. The summed E-state index contributed by atoms with van der Waals surface area (Å²) < 4.78 is 5.42. The molecule has 0 heterocycles. The molecule has 1 unspecified atom stereocenters. The highest BCUT2D eigenvalue weighted by Crippen LogP contribution is 2.50. The largest absolute Gasteiger partial charge is 0.465 e. The molecule has 1 atom stereocenters. The molecule has 16 heavy (non-hydrogen) atoms. The van der Waals surface area contributed by atoms with E-state index in [1.165, 1.54) is 6.42 Å². The fraction of sp³-hybridized carbons (Fsp3) is 0.929. The Labute approximate surface area is 99.8 Å². The smallest absolute Gasteiger partial charge is 0.312 e. The van der Waals surface area contributed by atoms with Gasteiger partial charge in [-0.1, -0.05) is 40.0 Å². The van der Waals surface area contributed by atoms with Crippen molar-refractivity contribution in [1.29, 1.82) is 0 Å². The van der Waals surface area contributed by atoms with Crippen molar-refractivity contribution in [3.63, 3.8) is 0 Å². The molecular weight excluding hydrogens is 200 g/mol. The molecule has 1 aliphatic carbocycles. The molecule has 0 radical (unpaired) electrons. The molecule has 1 rings (SSSR count). The lowest BCUT2D eigenvalue weighted by Gasteiger charge is -2.45. The molecule has 2 nitrogen and oxygen atoms in total. The van der Waals surface area contributed by atoms with Crippen molar-refractivity contribution < 1.29 is 9.53 Å². The number of ether oxygens (including phenoxy) is 1. The van der Waals surface area contributed by atoms with Crippen LogP contribution in [-0.4, -0.2) is 12.6 Å². The van der Waals surface area contributed by atoms with Crippen molar-refractivity contribution in [3.8, 4) is 0 Å². The minimum absolute atomic E-state index is 0.0191. The van der Waals surface area contributed by atoms with Gasteiger partial charge >= 0.3 is 5.97 Å². The fourth-order valence-electron chi connectivity index (χ4n) is 2.51. The summed E-state index contributed by atoms with van der Waals surface area (Å²) in [6, 6.07) is 0. The summed E-state index contributed by atoms with van der Waals surface area (Å²) in [7, 11) is 0. The van der Waals surface area contributed by atoms with Crippen LogP contribution < -0.4 is 0 Å². The first kappa shape index (κ1) is 13.5. The minimum atomic E-state index is -0.279. The Morgan fingerprint density at radius 1 is 1.19 bits per heavy atom. The SMILES string of the molecule is CCCCOC(=O)C1(C)CCCCC1(C)C. The Kier molecular flexibility index (Phi) is 4.40. The maximum Gasteiger partial charge on any atom is 0.312 e. The van der Waals surface area contributed by atoms with Gasteiger partial charge in [-0.2, -0.15) is 0 Å². The zero-order valence-corrected chi connectivity index (χ0v) is 11.3. The van der Waals surface area contributed by atoms with Crippen molar-refractivity contribution in [2.24, 2.45) is 10.8 Å². The van der Waals surface area contributed by atoms with Crippen LogP contribution in [0, 0.1) is 10.8 Å². The van der Waals surface area contributed by atoms with E-state index in [1.807, 2.05) is 0 Å². The maximum atomic E-state index is 12.2. The molecule has 2 heteroatoms. The summed E-state index contributed by atoms with van der Waals surface area (Å²) in [6.07, 6.45) is 6.56. The Balaban J connectivity index is 2.63. The number of hydrogen-bond donors (Lipinski definition) is 0. The van der Waals surface area contributed by atoms with Gasteiger partial charge in [-0.3, -0.25) is 4.79 Å². The molecule has 94 valence electrons. The maximum absolute atomic E-state index is 12.2. The lowest BCUT2D eigenvalue weighted by molar-refractivity contribution is -0.166. The molecular formula is C14H26O2. The molecule has 0 amide bonds. The van der Waals surface area contributed by atoms with Crippen LogP contribution >= 0.6 is 0 Å². The van der Waals surface area contributed by atoms with E-state index in [0.29, 0.717) is 6.61 Å². The number of unbranched alkanes of at least 4 members (excludes halogenated alkanes) is 1. The highest BCUT2D eigenvalue weighted by Gasteiger charge is 2.49. The van der Waals surface area contributed by atoms with Crippen LogP contribution in [0.15, 0.2) is 0 Å². The average molecular weight is 226 g/mol. The van der Waals surface area contributed by atoms with Gasteiger partial charge in [0.25, 0.3) is 0 Å². The summed E-state index contributed by atoms with van der Waals surface area (Å²) >= 11 is 0. The van der Waals surface area contributed by atoms with E-state index in [1.54, 1.807) is 0 Å². The Morgan fingerprint density at radius 3 is 2.38 bits per heavy atom. The van der Waals surface area contributed by atoms with Crippen LogP contribution in [0.4, 0.5) is 0 Å². The third-order valence-corrected chi connectivity index (χ3v) is 4.40. The van der Waals surface area contributed by atoms with Gasteiger partial charge in [-0.25, -0.2) is 0 Å². The number of hydrogen-bond acceptors (Lipinski definition) is 2.